The molecule has 0 saturated carbocycles. The zero-order valence-electron chi connectivity index (χ0n) is 10.3. The highest BCUT2D eigenvalue weighted by molar-refractivity contribution is 4.93. The van der Waals surface area contributed by atoms with Crippen molar-refractivity contribution in [1.29, 1.82) is 0 Å². The van der Waals surface area contributed by atoms with Gasteiger partial charge in [-0.15, -0.1) is 0 Å². The average molecular weight is 212 g/mol. The first kappa shape index (κ1) is 11.4. The molecule has 1 N–H and O–H groups in total. The Kier molecular flexibility index (Phi) is 3.33. The van der Waals surface area contributed by atoms with E-state index in [9.17, 15) is 0 Å². The fraction of sp³-hybridized carbons (Fsp3) is 1.00. The Balaban J connectivity index is 1.65. The number of hydrogen-bond donors (Lipinski definition) is 1. The summed E-state index contributed by atoms with van der Waals surface area (Å²) in [6, 6.07) is 0.764. The number of likely N-dealkylation sites (tertiary alicyclic amines) is 1. The molecule has 0 aliphatic carbocycles. The molecule has 2 aliphatic heterocycles. The molecule has 0 aromatic carbocycles. The van der Waals surface area contributed by atoms with Gasteiger partial charge >= 0.3 is 0 Å². The van der Waals surface area contributed by atoms with Gasteiger partial charge in [0.15, 0.2) is 0 Å². The molecule has 0 radical (unpaired) electrons. The number of hydrogen-bond acceptors (Lipinski definition) is 3. The third kappa shape index (κ3) is 3.16. The Morgan fingerprint density at radius 1 is 1.33 bits per heavy atom. The van der Waals surface area contributed by atoms with Crippen molar-refractivity contribution in [2.45, 2.75) is 38.8 Å². The highest BCUT2D eigenvalue weighted by Crippen LogP contribution is 2.24. The van der Waals surface area contributed by atoms with Crippen LogP contribution in [0.2, 0.25) is 0 Å². The Morgan fingerprint density at radius 2 is 2.13 bits per heavy atom. The van der Waals surface area contributed by atoms with E-state index < -0.39 is 0 Å². The van der Waals surface area contributed by atoms with Crippen LogP contribution in [-0.4, -0.2) is 49.3 Å². The smallest absolute Gasteiger partial charge is 0.0600 e. The first-order valence-corrected chi connectivity index (χ1v) is 6.14. The van der Waals surface area contributed by atoms with Gasteiger partial charge in [0.2, 0.25) is 0 Å². The Bertz CT molecular complexity index is 200. The third-order valence-electron chi connectivity index (χ3n) is 3.38. The van der Waals surface area contributed by atoms with E-state index in [2.05, 4.69) is 31.0 Å². The topological polar surface area (TPSA) is 24.5 Å². The highest BCUT2D eigenvalue weighted by atomic mass is 16.5. The fourth-order valence-corrected chi connectivity index (χ4v) is 2.60. The molecule has 2 heterocycles. The van der Waals surface area contributed by atoms with Crippen LogP contribution in [0.4, 0.5) is 0 Å². The average Bonchev–Trinajstić information content (AvgIpc) is 2.60. The van der Waals surface area contributed by atoms with Gasteiger partial charge in [0.25, 0.3) is 0 Å². The van der Waals surface area contributed by atoms with Crippen molar-refractivity contribution in [2.24, 2.45) is 5.92 Å². The summed E-state index contributed by atoms with van der Waals surface area (Å²) in [5, 5.41) is 3.57. The molecular formula is C12H24N2O. The van der Waals surface area contributed by atoms with Crippen molar-refractivity contribution in [2.75, 3.05) is 32.8 Å². The Labute approximate surface area is 93.2 Å². The maximum absolute atomic E-state index is 5.75. The molecule has 2 saturated heterocycles. The predicted molar refractivity (Wildman–Crippen MR) is 62.0 cm³/mol. The molecule has 0 aromatic rings. The van der Waals surface area contributed by atoms with E-state index >= 15 is 0 Å². The van der Waals surface area contributed by atoms with Crippen molar-refractivity contribution in [1.82, 2.24) is 10.2 Å². The Hall–Kier alpha value is -0.120. The van der Waals surface area contributed by atoms with Gasteiger partial charge in [-0.2, -0.15) is 0 Å². The summed E-state index contributed by atoms with van der Waals surface area (Å²) in [6.45, 7) is 12.0. The summed E-state index contributed by atoms with van der Waals surface area (Å²) in [5.41, 5.74) is 0.00778. The van der Waals surface area contributed by atoms with Gasteiger partial charge in [-0.1, -0.05) is 0 Å². The lowest BCUT2D eigenvalue weighted by Crippen LogP contribution is -2.33. The molecule has 0 unspecified atom stereocenters. The van der Waals surface area contributed by atoms with Crippen LogP contribution in [-0.2, 0) is 4.74 Å². The van der Waals surface area contributed by atoms with Gasteiger partial charge in [0, 0.05) is 25.7 Å². The van der Waals surface area contributed by atoms with Crippen LogP contribution in [0.25, 0.3) is 0 Å². The number of rotatable bonds is 3. The van der Waals surface area contributed by atoms with E-state index in [4.69, 9.17) is 4.74 Å². The predicted octanol–water partition coefficient (Wildman–Crippen LogP) is 1.10. The van der Waals surface area contributed by atoms with Crippen LogP contribution in [0, 0.1) is 5.92 Å². The van der Waals surface area contributed by atoms with Gasteiger partial charge in [0.05, 0.1) is 12.2 Å². The third-order valence-corrected chi connectivity index (χ3v) is 3.38. The quantitative estimate of drug-likeness (QED) is 0.758. The summed E-state index contributed by atoms with van der Waals surface area (Å²) in [5.74, 6) is 0.902. The molecule has 88 valence electrons. The standard InChI is InChI=1S/C12H24N2O/c1-12(2,3)15-7-6-14-8-10-4-5-13-11(10)9-14/h10-11,13H,4-9H2,1-3H3/t10-,11+/m0/s1. The van der Waals surface area contributed by atoms with Crippen LogP contribution >= 0.6 is 0 Å². The molecule has 15 heavy (non-hydrogen) atoms. The molecule has 0 bridgehead atoms. The minimum atomic E-state index is 0.00778. The normalized spacial score (nSPS) is 32.2. The van der Waals surface area contributed by atoms with Gasteiger partial charge in [-0.3, -0.25) is 4.90 Å². The largest absolute Gasteiger partial charge is 0.375 e. The van der Waals surface area contributed by atoms with Crippen LogP contribution in [0.1, 0.15) is 27.2 Å². The molecule has 2 aliphatic rings. The maximum Gasteiger partial charge on any atom is 0.0600 e. The minimum Gasteiger partial charge on any atom is -0.375 e. The van der Waals surface area contributed by atoms with Gasteiger partial charge in [-0.25, -0.2) is 0 Å². The monoisotopic (exact) mass is 212 g/mol. The van der Waals surface area contributed by atoms with Gasteiger partial charge < -0.3 is 10.1 Å². The number of fused-ring (bicyclic) bond motifs is 1. The van der Waals surface area contributed by atoms with E-state index in [0.717, 1.165) is 25.1 Å². The Morgan fingerprint density at radius 3 is 2.80 bits per heavy atom. The summed E-state index contributed by atoms with van der Waals surface area (Å²) >= 11 is 0. The molecule has 2 atom stereocenters. The molecule has 0 aromatic heterocycles. The van der Waals surface area contributed by atoms with Crippen molar-refractivity contribution in [3.63, 3.8) is 0 Å². The summed E-state index contributed by atoms with van der Waals surface area (Å²) in [6.07, 6.45) is 1.36. The fourth-order valence-electron chi connectivity index (χ4n) is 2.60. The van der Waals surface area contributed by atoms with Gasteiger partial charge in [-0.05, 0) is 39.7 Å². The van der Waals surface area contributed by atoms with Gasteiger partial charge in [0.1, 0.15) is 0 Å². The van der Waals surface area contributed by atoms with E-state index in [1.165, 1.54) is 26.1 Å². The van der Waals surface area contributed by atoms with Crippen LogP contribution in [0.5, 0.6) is 0 Å². The molecule has 0 amide bonds. The molecular weight excluding hydrogens is 188 g/mol. The second kappa shape index (κ2) is 4.40. The van der Waals surface area contributed by atoms with E-state index in [1.54, 1.807) is 0 Å². The zero-order chi connectivity index (χ0) is 10.9. The molecule has 2 fully saturated rings. The lowest BCUT2D eigenvalue weighted by molar-refractivity contribution is -0.0114. The van der Waals surface area contributed by atoms with E-state index in [0.29, 0.717) is 0 Å². The first-order chi connectivity index (χ1) is 7.04. The van der Waals surface area contributed by atoms with Crippen molar-refractivity contribution >= 4 is 0 Å². The molecule has 0 spiro atoms. The SMILES string of the molecule is CC(C)(C)OCCN1C[C@@H]2CCN[C@@H]2C1. The highest BCUT2D eigenvalue weighted by Gasteiger charge is 2.35. The van der Waals surface area contributed by atoms with E-state index in [-0.39, 0.29) is 5.60 Å². The molecule has 3 heteroatoms. The summed E-state index contributed by atoms with van der Waals surface area (Å²) in [7, 11) is 0. The molecule has 2 rings (SSSR count). The second-order valence-corrected chi connectivity index (χ2v) is 5.83. The number of ether oxygens (including phenoxy) is 1. The lowest BCUT2D eigenvalue weighted by Gasteiger charge is -2.22. The number of nitrogens with one attached hydrogen (secondary N) is 1. The van der Waals surface area contributed by atoms with Crippen LogP contribution in [0.3, 0.4) is 0 Å². The lowest BCUT2D eigenvalue weighted by atomic mass is 10.1. The van der Waals surface area contributed by atoms with Crippen molar-refractivity contribution in [3.8, 4) is 0 Å². The van der Waals surface area contributed by atoms with Crippen LogP contribution < -0.4 is 5.32 Å². The second-order valence-electron chi connectivity index (χ2n) is 5.83. The van der Waals surface area contributed by atoms with Crippen molar-refractivity contribution < 1.29 is 4.74 Å². The number of nitrogens with zero attached hydrogens (tertiary/aromatic N) is 1. The zero-order valence-corrected chi connectivity index (χ0v) is 10.3. The van der Waals surface area contributed by atoms with E-state index in [1.807, 2.05) is 0 Å². The molecule has 3 nitrogen and oxygen atoms in total. The maximum atomic E-state index is 5.75. The summed E-state index contributed by atoms with van der Waals surface area (Å²) < 4.78 is 5.75. The first-order valence-electron chi connectivity index (χ1n) is 6.14. The minimum absolute atomic E-state index is 0.00778. The summed E-state index contributed by atoms with van der Waals surface area (Å²) in [4.78, 5) is 2.53. The van der Waals surface area contributed by atoms with Crippen molar-refractivity contribution in [3.05, 3.63) is 0 Å². The van der Waals surface area contributed by atoms with Crippen LogP contribution in [0.15, 0.2) is 0 Å².